The monoisotopic (exact) mass is 289 g/mol. The number of hydrogen-bond donors (Lipinski definition) is 0. The number of benzene rings is 1. The molecule has 3 heteroatoms. The van der Waals surface area contributed by atoms with Gasteiger partial charge in [0.05, 0.1) is 0 Å². The van der Waals surface area contributed by atoms with Gasteiger partial charge in [-0.25, -0.2) is 0 Å². The Morgan fingerprint density at radius 2 is 2.00 bits per heavy atom. The van der Waals surface area contributed by atoms with Crippen LogP contribution >= 0.6 is 22.6 Å². The summed E-state index contributed by atoms with van der Waals surface area (Å²) in [6.07, 6.45) is 0. The van der Waals surface area contributed by atoms with Gasteiger partial charge in [-0.15, -0.1) is 0 Å². The Bertz CT molecular complexity index is 334. The Kier molecular flexibility index (Phi) is 3.30. The van der Waals surface area contributed by atoms with E-state index in [2.05, 4.69) is 22.6 Å². The molecule has 70 valence electrons. The van der Waals surface area contributed by atoms with Crippen molar-refractivity contribution in [2.45, 2.75) is 6.92 Å². The first-order chi connectivity index (χ1) is 6.02. The number of aryl methyl sites for hydroxylation is 1. The molecule has 1 amide bonds. The minimum absolute atomic E-state index is 0.0658. The number of nitrogens with zero attached hydrogens (tertiary/aromatic N) is 1. The van der Waals surface area contributed by atoms with E-state index in [1.165, 1.54) is 0 Å². The molecule has 2 nitrogen and oxygen atoms in total. The highest BCUT2D eigenvalue weighted by Crippen LogP contribution is 2.14. The molecule has 0 atom stereocenters. The van der Waals surface area contributed by atoms with Crippen molar-refractivity contribution in [3.63, 3.8) is 0 Å². The van der Waals surface area contributed by atoms with Crippen LogP contribution in [0.4, 0.5) is 0 Å². The van der Waals surface area contributed by atoms with Gasteiger partial charge in [0.2, 0.25) is 0 Å². The number of amides is 1. The molecular weight excluding hydrogens is 277 g/mol. The summed E-state index contributed by atoms with van der Waals surface area (Å²) in [6.45, 7) is 1.95. The normalized spacial score (nSPS) is 9.85. The summed E-state index contributed by atoms with van der Waals surface area (Å²) in [6, 6.07) is 5.89. The van der Waals surface area contributed by atoms with Gasteiger partial charge in [0.1, 0.15) is 0 Å². The molecule has 1 aromatic rings. The van der Waals surface area contributed by atoms with Crippen LogP contribution in [0.3, 0.4) is 0 Å². The van der Waals surface area contributed by atoms with Crippen LogP contribution in [0.15, 0.2) is 18.2 Å². The van der Waals surface area contributed by atoms with E-state index in [1.54, 1.807) is 19.0 Å². The first-order valence-electron chi connectivity index (χ1n) is 4.00. The third-order valence-corrected chi connectivity index (χ3v) is 2.51. The van der Waals surface area contributed by atoms with Crippen LogP contribution in [0.25, 0.3) is 0 Å². The fourth-order valence-corrected chi connectivity index (χ4v) is 1.56. The zero-order chi connectivity index (χ0) is 10.0. The minimum atomic E-state index is 0.0658. The molecule has 0 N–H and O–H groups in total. The highest BCUT2D eigenvalue weighted by atomic mass is 127. The molecule has 0 unspecified atom stereocenters. The maximum atomic E-state index is 11.6. The van der Waals surface area contributed by atoms with E-state index in [0.717, 1.165) is 14.7 Å². The van der Waals surface area contributed by atoms with Gasteiger partial charge in [-0.3, -0.25) is 4.79 Å². The predicted molar refractivity (Wildman–Crippen MR) is 61.9 cm³/mol. The van der Waals surface area contributed by atoms with Gasteiger partial charge in [0.25, 0.3) is 5.91 Å². The Morgan fingerprint density at radius 3 is 2.54 bits per heavy atom. The smallest absolute Gasteiger partial charge is 0.253 e. The highest BCUT2D eigenvalue weighted by Gasteiger charge is 2.10. The topological polar surface area (TPSA) is 20.3 Å². The zero-order valence-electron chi connectivity index (χ0n) is 7.97. The van der Waals surface area contributed by atoms with E-state index >= 15 is 0 Å². The molecule has 0 fully saturated rings. The molecule has 0 bridgehead atoms. The van der Waals surface area contributed by atoms with Crippen molar-refractivity contribution < 1.29 is 4.79 Å². The number of rotatable bonds is 1. The van der Waals surface area contributed by atoms with Crippen molar-refractivity contribution in [2.75, 3.05) is 14.1 Å². The van der Waals surface area contributed by atoms with Crippen molar-refractivity contribution >= 4 is 28.5 Å². The summed E-state index contributed by atoms with van der Waals surface area (Å²) in [7, 11) is 3.53. The van der Waals surface area contributed by atoms with Gasteiger partial charge in [-0.05, 0) is 47.2 Å². The van der Waals surface area contributed by atoms with Crippen molar-refractivity contribution in [1.29, 1.82) is 0 Å². The molecule has 0 aromatic heterocycles. The van der Waals surface area contributed by atoms with E-state index in [0.29, 0.717) is 0 Å². The van der Waals surface area contributed by atoms with Gasteiger partial charge in [0.15, 0.2) is 0 Å². The van der Waals surface area contributed by atoms with Crippen molar-refractivity contribution in [1.82, 2.24) is 4.90 Å². The first kappa shape index (κ1) is 10.5. The zero-order valence-corrected chi connectivity index (χ0v) is 10.1. The quantitative estimate of drug-likeness (QED) is 0.726. The molecule has 0 radical (unpaired) electrons. The Labute approximate surface area is 92.1 Å². The maximum Gasteiger partial charge on any atom is 0.253 e. The van der Waals surface area contributed by atoms with Crippen LogP contribution in [-0.2, 0) is 0 Å². The minimum Gasteiger partial charge on any atom is -0.345 e. The van der Waals surface area contributed by atoms with Crippen LogP contribution in [0, 0.1) is 10.5 Å². The SMILES string of the molecule is Cc1ccc(I)cc1C(=O)N(C)C. The van der Waals surface area contributed by atoms with Crippen molar-refractivity contribution in [3.8, 4) is 0 Å². The summed E-state index contributed by atoms with van der Waals surface area (Å²) < 4.78 is 1.09. The van der Waals surface area contributed by atoms with E-state index in [1.807, 2.05) is 25.1 Å². The van der Waals surface area contributed by atoms with E-state index in [-0.39, 0.29) is 5.91 Å². The second-order valence-corrected chi connectivity index (χ2v) is 4.40. The predicted octanol–water partition coefficient (Wildman–Crippen LogP) is 2.30. The number of halogens is 1. The number of carbonyl (C=O) groups excluding carboxylic acids is 1. The lowest BCUT2D eigenvalue weighted by Gasteiger charge is -2.12. The standard InChI is InChI=1S/C10H12INO/c1-7-4-5-8(11)6-9(7)10(13)12(2)3/h4-6H,1-3H3. The van der Waals surface area contributed by atoms with Gasteiger partial charge in [-0.2, -0.15) is 0 Å². The lowest BCUT2D eigenvalue weighted by molar-refractivity contribution is 0.0827. The lowest BCUT2D eigenvalue weighted by atomic mass is 10.1. The first-order valence-corrected chi connectivity index (χ1v) is 5.08. The molecule has 0 aliphatic carbocycles. The molecule has 0 saturated heterocycles. The largest absolute Gasteiger partial charge is 0.345 e. The van der Waals surface area contributed by atoms with Gasteiger partial charge in [0, 0.05) is 23.2 Å². The number of hydrogen-bond acceptors (Lipinski definition) is 1. The second-order valence-electron chi connectivity index (χ2n) is 3.16. The highest BCUT2D eigenvalue weighted by molar-refractivity contribution is 14.1. The van der Waals surface area contributed by atoms with E-state index in [4.69, 9.17) is 0 Å². The average molecular weight is 289 g/mol. The van der Waals surface area contributed by atoms with E-state index in [9.17, 15) is 4.79 Å². The van der Waals surface area contributed by atoms with Crippen molar-refractivity contribution in [2.24, 2.45) is 0 Å². The summed E-state index contributed by atoms with van der Waals surface area (Å²) in [5, 5.41) is 0. The molecule has 0 spiro atoms. The third kappa shape index (κ3) is 2.43. The van der Waals surface area contributed by atoms with Gasteiger partial charge >= 0.3 is 0 Å². The Morgan fingerprint density at radius 1 is 1.38 bits per heavy atom. The van der Waals surface area contributed by atoms with Crippen LogP contribution < -0.4 is 0 Å². The molecule has 0 saturated carbocycles. The fraction of sp³-hybridized carbons (Fsp3) is 0.300. The lowest BCUT2D eigenvalue weighted by Crippen LogP contribution is -2.22. The van der Waals surface area contributed by atoms with Gasteiger partial charge < -0.3 is 4.90 Å². The van der Waals surface area contributed by atoms with Gasteiger partial charge in [-0.1, -0.05) is 6.07 Å². The molecule has 1 rings (SSSR count). The third-order valence-electron chi connectivity index (χ3n) is 1.84. The summed E-state index contributed by atoms with van der Waals surface area (Å²) in [4.78, 5) is 13.2. The average Bonchev–Trinajstić information content (AvgIpc) is 2.08. The van der Waals surface area contributed by atoms with Crippen LogP contribution in [0.1, 0.15) is 15.9 Å². The Balaban J connectivity index is 3.13. The summed E-state index contributed by atoms with van der Waals surface area (Å²) >= 11 is 2.21. The summed E-state index contributed by atoms with van der Waals surface area (Å²) in [5.41, 5.74) is 1.82. The molecule has 13 heavy (non-hydrogen) atoms. The van der Waals surface area contributed by atoms with E-state index < -0.39 is 0 Å². The molecule has 0 heterocycles. The molecular formula is C10H12INO. The fourth-order valence-electron chi connectivity index (χ4n) is 1.07. The second kappa shape index (κ2) is 4.09. The summed E-state index contributed by atoms with van der Waals surface area (Å²) in [5.74, 6) is 0.0658. The molecule has 0 aliphatic rings. The number of carbonyl (C=O) groups is 1. The Hall–Kier alpha value is -0.580. The maximum absolute atomic E-state index is 11.6. The van der Waals surface area contributed by atoms with Crippen molar-refractivity contribution in [3.05, 3.63) is 32.9 Å². The van der Waals surface area contributed by atoms with Crippen LogP contribution in [-0.4, -0.2) is 24.9 Å². The van der Waals surface area contributed by atoms with Crippen LogP contribution in [0.5, 0.6) is 0 Å². The van der Waals surface area contributed by atoms with Crippen LogP contribution in [0.2, 0.25) is 0 Å². The molecule has 0 aliphatic heterocycles. The molecule has 1 aromatic carbocycles.